The van der Waals surface area contributed by atoms with Crippen molar-refractivity contribution in [1.82, 2.24) is 4.72 Å². The van der Waals surface area contributed by atoms with Gasteiger partial charge in [0.1, 0.15) is 0 Å². The third-order valence-electron chi connectivity index (χ3n) is 3.48. The summed E-state index contributed by atoms with van der Waals surface area (Å²) in [4.78, 5) is 12.3. The van der Waals surface area contributed by atoms with Gasteiger partial charge in [-0.05, 0) is 50.2 Å². The number of rotatable bonds is 5. The standard InChI is InChI=1S/C17H16F2N2O5S/c1-10(2)21-27(23,24)13-6-3-11(4-7-13)16(22)20-12-5-8-14-15(9-12)26-17(18,19)25-14/h3-10,21H,1-2H3,(H,20,22). The van der Waals surface area contributed by atoms with Crippen molar-refractivity contribution < 1.29 is 31.5 Å². The highest BCUT2D eigenvalue weighted by Gasteiger charge is 2.43. The Morgan fingerprint density at radius 1 is 1.04 bits per heavy atom. The molecule has 0 aromatic heterocycles. The summed E-state index contributed by atoms with van der Waals surface area (Å²) in [6.45, 7) is 3.39. The fourth-order valence-corrected chi connectivity index (χ4v) is 3.64. The van der Waals surface area contributed by atoms with Crippen molar-refractivity contribution in [1.29, 1.82) is 0 Å². The Hall–Kier alpha value is -2.72. The van der Waals surface area contributed by atoms with Gasteiger partial charge in [-0.3, -0.25) is 4.79 Å². The van der Waals surface area contributed by atoms with Crippen LogP contribution in [0.5, 0.6) is 11.5 Å². The number of ether oxygens (including phenoxy) is 2. The van der Waals surface area contributed by atoms with Gasteiger partial charge in [0.05, 0.1) is 4.90 Å². The van der Waals surface area contributed by atoms with Gasteiger partial charge in [-0.1, -0.05) is 0 Å². The van der Waals surface area contributed by atoms with E-state index in [0.717, 1.165) is 0 Å². The van der Waals surface area contributed by atoms with Crippen molar-refractivity contribution in [3.8, 4) is 11.5 Å². The molecule has 2 N–H and O–H groups in total. The van der Waals surface area contributed by atoms with Crippen LogP contribution in [0.15, 0.2) is 47.4 Å². The molecule has 10 heteroatoms. The molecule has 2 aromatic rings. The molecule has 0 aliphatic carbocycles. The normalized spacial score (nSPS) is 15.0. The first-order chi connectivity index (χ1) is 12.6. The summed E-state index contributed by atoms with van der Waals surface area (Å²) in [6.07, 6.45) is -3.74. The van der Waals surface area contributed by atoms with Crippen LogP contribution < -0.4 is 19.5 Å². The largest absolute Gasteiger partial charge is 0.586 e. The average molecular weight is 398 g/mol. The third-order valence-corrected chi connectivity index (χ3v) is 5.15. The van der Waals surface area contributed by atoms with Gasteiger partial charge in [0, 0.05) is 23.4 Å². The van der Waals surface area contributed by atoms with Crippen molar-refractivity contribution >= 4 is 21.6 Å². The molecule has 7 nitrogen and oxygen atoms in total. The molecule has 1 amide bonds. The van der Waals surface area contributed by atoms with E-state index in [2.05, 4.69) is 19.5 Å². The highest BCUT2D eigenvalue weighted by molar-refractivity contribution is 7.89. The van der Waals surface area contributed by atoms with E-state index in [1.807, 2.05) is 0 Å². The molecule has 0 unspecified atom stereocenters. The summed E-state index contributed by atoms with van der Waals surface area (Å²) < 4.78 is 61.2. The van der Waals surface area contributed by atoms with Crippen molar-refractivity contribution in [2.45, 2.75) is 31.1 Å². The van der Waals surface area contributed by atoms with Gasteiger partial charge in [0.2, 0.25) is 10.0 Å². The zero-order valence-electron chi connectivity index (χ0n) is 14.3. The fourth-order valence-electron chi connectivity index (χ4n) is 2.39. The Labute approximate surface area is 154 Å². The first kappa shape index (κ1) is 19.1. The number of hydrogen-bond acceptors (Lipinski definition) is 5. The maximum Gasteiger partial charge on any atom is 0.586 e. The Bertz CT molecular complexity index is 975. The summed E-state index contributed by atoms with van der Waals surface area (Å²) in [7, 11) is -3.66. The second-order valence-corrected chi connectivity index (χ2v) is 7.80. The van der Waals surface area contributed by atoms with E-state index < -0.39 is 22.2 Å². The number of halogens is 2. The maximum absolute atomic E-state index is 13.0. The number of carbonyl (C=O) groups is 1. The predicted octanol–water partition coefficient (Wildman–Crippen LogP) is 2.95. The smallest absolute Gasteiger partial charge is 0.395 e. The van der Waals surface area contributed by atoms with E-state index in [-0.39, 0.29) is 33.7 Å². The van der Waals surface area contributed by atoms with E-state index >= 15 is 0 Å². The number of amides is 1. The maximum atomic E-state index is 13.0. The molecule has 0 fully saturated rings. The lowest BCUT2D eigenvalue weighted by Crippen LogP contribution is -2.30. The van der Waals surface area contributed by atoms with Gasteiger partial charge in [0.15, 0.2) is 11.5 Å². The Kier molecular flexibility index (Phi) is 4.79. The summed E-state index contributed by atoms with van der Waals surface area (Å²) in [6, 6.07) is 8.89. The highest BCUT2D eigenvalue weighted by atomic mass is 32.2. The number of anilines is 1. The number of alkyl halides is 2. The second kappa shape index (κ2) is 6.78. The van der Waals surface area contributed by atoms with E-state index in [1.54, 1.807) is 13.8 Å². The van der Waals surface area contributed by atoms with Gasteiger partial charge >= 0.3 is 6.29 Å². The summed E-state index contributed by atoms with van der Waals surface area (Å²) in [5.74, 6) is -0.870. The quantitative estimate of drug-likeness (QED) is 0.808. The second-order valence-electron chi connectivity index (χ2n) is 6.08. The molecule has 1 aliphatic heterocycles. The van der Waals surface area contributed by atoms with Gasteiger partial charge < -0.3 is 14.8 Å². The topological polar surface area (TPSA) is 93.7 Å². The zero-order chi connectivity index (χ0) is 19.8. The molecule has 1 aliphatic rings. The van der Waals surface area contributed by atoms with Crippen LogP contribution >= 0.6 is 0 Å². The van der Waals surface area contributed by atoms with Gasteiger partial charge in [-0.15, -0.1) is 8.78 Å². The first-order valence-corrected chi connectivity index (χ1v) is 9.38. The van der Waals surface area contributed by atoms with Gasteiger partial charge in [-0.25, -0.2) is 13.1 Å². The van der Waals surface area contributed by atoms with Crippen molar-refractivity contribution in [3.63, 3.8) is 0 Å². The molecule has 0 bridgehead atoms. The molecular formula is C17H16F2N2O5S. The molecular weight excluding hydrogens is 382 g/mol. The highest BCUT2D eigenvalue weighted by Crippen LogP contribution is 2.42. The molecule has 0 radical (unpaired) electrons. The molecule has 1 heterocycles. The van der Waals surface area contributed by atoms with Crippen LogP contribution in [-0.4, -0.2) is 26.7 Å². The van der Waals surface area contributed by atoms with E-state index in [1.165, 1.54) is 42.5 Å². The minimum atomic E-state index is -3.74. The van der Waals surface area contributed by atoms with Crippen molar-refractivity contribution in [3.05, 3.63) is 48.0 Å². The number of fused-ring (bicyclic) bond motifs is 1. The molecule has 0 atom stereocenters. The predicted molar refractivity (Wildman–Crippen MR) is 92.5 cm³/mol. The fraction of sp³-hybridized carbons (Fsp3) is 0.235. The zero-order valence-corrected chi connectivity index (χ0v) is 15.1. The Morgan fingerprint density at radius 3 is 2.30 bits per heavy atom. The molecule has 0 saturated heterocycles. The number of hydrogen-bond donors (Lipinski definition) is 2. The number of benzene rings is 2. The number of carbonyl (C=O) groups excluding carboxylic acids is 1. The minimum absolute atomic E-state index is 0.0260. The number of nitrogens with one attached hydrogen (secondary N) is 2. The SMILES string of the molecule is CC(C)NS(=O)(=O)c1ccc(C(=O)Nc2ccc3c(c2)OC(F)(F)O3)cc1. The summed E-state index contributed by atoms with van der Waals surface area (Å²) in [5, 5.41) is 2.52. The van der Waals surface area contributed by atoms with E-state index in [0.29, 0.717) is 0 Å². The van der Waals surface area contributed by atoms with Crippen LogP contribution in [0.3, 0.4) is 0 Å². The monoisotopic (exact) mass is 398 g/mol. The first-order valence-electron chi connectivity index (χ1n) is 7.89. The van der Waals surface area contributed by atoms with Crippen LogP contribution in [0.1, 0.15) is 24.2 Å². The molecule has 0 saturated carbocycles. The van der Waals surface area contributed by atoms with Crippen LogP contribution in [0.2, 0.25) is 0 Å². The third kappa shape index (κ3) is 4.34. The minimum Gasteiger partial charge on any atom is -0.395 e. The van der Waals surface area contributed by atoms with E-state index in [4.69, 9.17) is 0 Å². The van der Waals surface area contributed by atoms with Crippen LogP contribution in [-0.2, 0) is 10.0 Å². The van der Waals surface area contributed by atoms with Crippen molar-refractivity contribution in [2.75, 3.05) is 5.32 Å². The lowest BCUT2D eigenvalue weighted by Gasteiger charge is -2.10. The van der Waals surface area contributed by atoms with Crippen molar-refractivity contribution in [2.24, 2.45) is 0 Å². The molecule has 144 valence electrons. The Balaban J connectivity index is 1.73. The van der Waals surface area contributed by atoms with Crippen LogP contribution in [0.4, 0.5) is 14.5 Å². The summed E-state index contributed by atoms with van der Waals surface area (Å²) >= 11 is 0. The lowest BCUT2D eigenvalue weighted by atomic mass is 10.2. The molecule has 2 aromatic carbocycles. The molecule has 0 spiro atoms. The molecule has 3 rings (SSSR count). The summed E-state index contributed by atoms with van der Waals surface area (Å²) in [5.41, 5.74) is 0.416. The Morgan fingerprint density at radius 2 is 1.67 bits per heavy atom. The van der Waals surface area contributed by atoms with E-state index in [9.17, 15) is 22.0 Å². The van der Waals surface area contributed by atoms with Gasteiger partial charge in [-0.2, -0.15) is 0 Å². The van der Waals surface area contributed by atoms with Crippen LogP contribution in [0.25, 0.3) is 0 Å². The van der Waals surface area contributed by atoms with Crippen LogP contribution in [0, 0.1) is 0 Å². The number of sulfonamides is 1. The average Bonchev–Trinajstić information content (AvgIpc) is 2.87. The van der Waals surface area contributed by atoms with Gasteiger partial charge in [0.25, 0.3) is 5.91 Å². The lowest BCUT2D eigenvalue weighted by molar-refractivity contribution is -0.286. The molecule has 27 heavy (non-hydrogen) atoms.